The number of rotatable bonds is 6. The van der Waals surface area contributed by atoms with Crippen LogP contribution in [0.4, 0.5) is 0 Å². The van der Waals surface area contributed by atoms with Gasteiger partial charge in [0, 0.05) is 25.2 Å². The molecule has 1 aliphatic rings. The lowest BCUT2D eigenvalue weighted by Gasteiger charge is -2.33. The quantitative estimate of drug-likeness (QED) is 0.690. The Balaban J connectivity index is 0.00000169. The van der Waals surface area contributed by atoms with Gasteiger partial charge in [-0.25, -0.2) is 0 Å². The molecule has 2 unspecified atom stereocenters. The Kier molecular flexibility index (Phi) is 10.3. The number of hydrogen-bond donors (Lipinski definition) is 2. The van der Waals surface area contributed by atoms with Crippen LogP contribution in [0.15, 0.2) is 48.5 Å². The highest BCUT2D eigenvalue weighted by Crippen LogP contribution is 2.20. The third-order valence-electron chi connectivity index (χ3n) is 5.07. The van der Waals surface area contributed by atoms with Gasteiger partial charge >= 0.3 is 0 Å². The Hall–Kier alpha value is -1.06. The molecule has 144 valence electrons. The Morgan fingerprint density at radius 2 is 1.15 bits per heavy atom. The summed E-state index contributed by atoms with van der Waals surface area (Å²) in [4.78, 5) is 0. The van der Waals surface area contributed by atoms with Crippen molar-refractivity contribution in [1.82, 2.24) is 10.6 Å². The van der Waals surface area contributed by atoms with Crippen LogP contribution in [0.25, 0.3) is 0 Å². The van der Waals surface area contributed by atoms with Crippen molar-refractivity contribution in [2.75, 3.05) is 0 Å². The van der Waals surface area contributed by atoms with Crippen LogP contribution in [0.3, 0.4) is 0 Å². The van der Waals surface area contributed by atoms with E-state index >= 15 is 0 Å². The zero-order valence-corrected chi connectivity index (χ0v) is 17.5. The zero-order valence-electron chi connectivity index (χ0n) is 15.8. The van der Waals surface area contributed by atoms with Crippen molar-refractivity contribution in [3.05, 3.63) is 70.8 Å². The smallest absolute Gasteiger partial charge is 0.0224 e. The largest absolute Gasteiger partial charge is 0.308 e. The fourth-order valence-corrected chi connectivity index (χ4v) is 3.76. The van der Waals surface area contributed by atoms with E-state index in [9.17, 15) is 0 Å². The molecule has 4 heteroatoms. The standard InChI is InChI=1S/C22H30N2.2ClH/c1-17-7-5-9-19(13-17)15-23-21-11-3-4-12-22(21)24-16-20-10-6-8-18(2)14-20;;/h5-10,13-14,21-24H,3-4,11-12,15-16H2,1-2H3;2*1H. The van der Waals surface area contributed by atoms with Gasteiger partial charge in [-0.1, -0.05) is 72.5 Å². The van der Waals surface area contributed by atoms with E-state index in [0.717, 1.165) is 13.1 Å². The molecule has 2 aromatic rings. The van der Waals surface area contributed by atoms with Gasteiger partial charge in [-0.15, -0.1) is 24.8 Å². The van der Waals surface area contributed by atoms with E-state index in [-0.39, 0.29) is 24.8 Å². The van der Waals surface area contributed by atoms with Crippen molar-refractivity contribution in [1.29, 1.82) is 0 Å². The lowest BCUT2D eigenvalue weighted by atomic mass is 9.90. The van der Waals surface area contributed by atoms with Crippen molar-refractivity contribution in [2.45, 2.75) is 64.7 Å². The van der Waals surface area contributed by atoms with Crippen LogP contribution in [-0.4, -0.2) is 12.1 Å². The number of nitrogens with one attached hydrogen (secondary N) is 2. The van der Waals surface area contributed by atoms with E-state index in [1.54, 1.807) is 0 Å². The highest BCUT2D eigenvalue weighted by molar-refractivity contribution is 5.85. The summed E-state index contributed by atoms with van der Waals surface area (Å²) < 4.78 is 0. The van der Waals surface area contributed by atoms with Crippen molar-refractivity contribution in [2.24, 2.45) is 0 Å². The highest BCUT2D eigenvalue weighted by Gasteiger charge is 2.24. The maximum atomic E-state index is 3.80. The Labute approximate surface area is 171 Å². The Morgan fingerprint density at radius 3 is 1.54 bits per heavy atom. The van der Waals surface area contributed by atoms with Gasteiger partial charge in [-0.2, -0.15) is 0 Å². The minimum absolute atomic E-state index is 0. The summed E-state index contributed by atoms with van der Waals surface area (Å²) in [5.74, 6) is 0. The Bertz CT molecular complexity index is 603. The molecule has 2 N–H and O–H groups in total. The molecule has 0 heterocycles. The minimum Gasteiger partial charge on any atom is -0.308 e. The molecule has 0 saturated heterocycles. The molecule has 0 spiro atoms. The van der Waals surface area contributed by atoms with Crippen molar-refractivity contribution in [3.63, 3.8) is 0 Å². The van der Waals surface area contributed by atoms with E-state index in [1.165, 1.54) is 47.9 Å². The molecule has 0 bridgehead atoms. The maximum Gasteiger partial charge on any atom is 0.0224 e. The minimum atomic E-state index is 0. The van der Waals surface area contributed by atoms with E-state index in [2.05, 4.69) is 73.0 Å². The van der Waals surface area contributed by atoms with Crippen LogP contribution >= 0.6 is 24.8 Å². The normalized spacial score (nSPS) is 19.3. The fourth-order valence-electron chi connectivity index (χ4n) is 3.76. The molecule has 0 aliphatic heterocycles. The van der Waals surface area contributed by atoms with Crippen LogP contribution in [0.2, 0.25) is 0 Å². The van der Waals surface area contributed by atoms with E-state index in [1.807, 2.05) is 0 Å². The second-order valence-corrected chi connectivity index (χ2v) is 7.24. The van der Waals surface area contributed by atoms with E-state index < -0.39 is 0 Å². The summed E-state index contributed by atoms with van der Waals surface area (Å²) in [5.41, 5.74) is 5.45. The summed E-state index contributed by atoms with van der Waals surface area (Å²) in [6.07, 6.45) is 5.23. The van der Waals surface area contributed by atoms with Gasteiger partial charge in [0.2, 0.25) is 0 Å². The molecule has 1 saturated carbocycles. The van der Waals surface area contributed by atoms with Crippen molar-refractivity contribution in [3.8, 4) is 0 Å². The second kappa shape index (κ2) is 11.6. The van der Waals surface area contributed by atoms with E-state index in [4.69, 9.17) is 0 Å². The van der Waals surface area contributed by atoms with Crippen LogP contribution < -0.4 is 10.6 Å². The number of halogens is 2. The van der Waals surface area contributed by atoms with Crippen molar-refractivity contribution < 1.29 is 0 Å². The van der Waals surface area contributed by atoms with Crippen molar-refractivity contribution >= 4 is 24.8 Å². The summed E-state index contributed by atoms with van der Waals surface area (Å²) in [6.45, 7) is 6.26. The maximum absolute atomic E-state index is 3.80. The number of benzene rings is 2. The molecular weight excluding hydrogens is 363 g/mol. The predicted molar refractivity (Wildman–Crippen MR) is 117 cm³/mol. The van der Waals surface area contributed by atoms with Gasteiger partial charge in [0.05, 0.1) is 0 Å². The third kappa shape index (κ3) is 6.92. The fraction of sp³-hybridized carbons (Fsp3) is 0.455. The summed E-state index contributed by atoms with van der Waals surface area (Å²) in [6, 6.07) is 18.8. The average molecular weight is 395 g/mol. The van der Waals surface area contributed by atoms with Crippen LogP contribution in [0.1, 0.15) is 47.9 Å². The van der Waals surface area contributed by atoms with Gasteiger partial charge in [0.1, 0.15) is 0 Å². The molecule has 2 aromatic carbocycles. The average Bonchev–Trinajstić information content (AvgIpc) is 2.59. The Morgan fingerprint density at radius 1 is 0.731 bits per heavy atom. The molecule has 1 aliphatic carbocycles. The molecule has 26 heavy (non-hydrogen) atoms. The first-order chi connectivity index (χ1) is 11.7. The monoisotopic (exact) mass is 394 g/mol. The zero-order chi connectivity index (χ0) is 16.8. The lowest BCUT2D eigenvalue weighted by Crippen LogP contribution is -2.49. The van der Waals surface area contributed by atoms with Crippen LogP contribution in [0, 0.1) is 13.8 Å². The molecular formula is C22H32Cl2N2. The topological polar surface area (TPSA) is 24.1 Å². The molecule has 0 amide bonds. The first-order valence-corrected chi connectivity index (χ1v) is 9.28. The van der Waals surface area contributed by atoms with E-state index in [0.29, 0.717) is 12.1 Å². The predicted octanol–water partition coefficient (Wildman–Crippen LogP) is 5.34. The first kappa shape index (κ1) is 23.0. The second-order valence-electron chi connectivity index (χ2n) is 7.24. The molecule has 0 aromatic heterocycles. The molecule has 1 fully saturated rings. The first-order valence-electron chi connectivity index (χ1n) is 9.28. The summed E-state index contributed by atoms with van der Waals surface area (Å²) >= 11 is 0. The van der Waals surface area contributed by atoms with Gasteiger partial charge in [-0.05, 0) is 37.8 Å². The molecule has 3 rings (SSSR count). The molecule has 0 radical (unpaired) electrons. The number of hydrogen-bond acceptors (Lipinski definition) is 2. The summed E-state index contributed by atoms with van der Waals surface area (Å²) in [7, 11) is 0. The molecule has 2 nitrogen and oxygen atoms in total. The van der Waals surface area contributed by atoms with Gasteiger partial charge in [-0.3, -0.25) is 0 Å². The van der Waals surface area contributed by atoms with Gasteiger partial charge < -0.3 is 10.6 Å². The lowest BCUT2D eigenvalue weighted by molar-refractivity contribution is 0.281. The van der Waals surface area contributed by atoms with Gasteiger partial charge in [0.25, 0.3) is 0 Å². The van der Waals surface area contributed by atoms with Gasteiger partial charge in [0.15, 0.2) is 0 Å². The summed E-state index contributed by atoms with van der Waals surface area (Å²) in [5, 5.41) is 7.60. The van der Waals surface area contributed by atoms with Crippen LogP contribution in [0.5, 0.6) is 0 Å². The SMILES string of the molecule is Cc1cccc(CNC2CCCCC2NCc2cccc(C)c2)c1.Cl.Cl. The number of aryl methyl sites for hydroxylation is 2. The highest BCUT2D eigenvalue weighted by atomic mass is 35.5. The van der Waals surface area contributed by atoms with Crippen LogP contribution in [-0.2, 0) is 13.1 Å². The molecule has 2 atom stereocenters. The third-order valence-corrected chi connectivity index (χ3v) is 5.07.